The fourth-order valence-electron chi connectivity index (χ4n) is 2.56. The molecule has 0 aromatic heterocycles. The molecular weight excluding hydrogens is 322 g/mol. The number of hydrogen-bond acceptors (Lipinski definition) is 5. The number of rotatable bonds is 5. The molecule has 1 unspecified atom stereocenters. The Bertz CT molecular complexity index is 588. The van der Waals surface area contributed by atoms with Crippen molar-refractivity contribution >= 4 is 23.2 Å². The van der Waals surface area contributed by atoms with Gasteiger partial charge in [-0.2, -0.15) is 0 Å². The summed E-state index contributed by atoms with van der Waals surface area (Å²) in [5.41, 5.74) is 5.57. The largest absolute Gasteiger partial charge is 0.474 e. The molecule has 7 nitrogen and oxygen atoms in total. The second-order valence-corrected chi connectivity index (χ2v) is 6.19. The Morgan fingerprint density at radius 2 is 2.09 bits per heavy atom. The van der Waals surface area contributed by atoms with Crippen LogP contribution in [0.2, 0.25) is 5.02 Å². The zero-order valence-electron chi connectivity index (χ0n) is 12.8. The van der Waals surface area contributed by atoms with Crippen molar-refractivity contribution in [2.24, 2.45) is 5.73 Å². The van der Waals surface area contributed by atoms with Crippen LogP contribution in [-0.4, -0.2) is 29.0 Å². The summed E-state index contributed by atoms with van der Waals surface area (Å²) in [5, 5.41) is 14.2. The molecule has 0 aliphatic heterocycles. The summed E-state index contributed by atoms with van der Waals surface area (Å²) in [6.07, 6.45) is 2.58. The second-order valence-electron chi connectivity index (χ2n) is 5.75. The number of carbonyl (C=O) groups excluding carboxylic acids is 1. The van der Waals surface area contributed by atoms with E-state index in [1.54, 1.807) is 6.92 Å². The van der Waals surface area contributed by atoms with Crippen LogP contribution >= 0.6 is 11.6 Å². The number of hydrogen-bond donors (Lipinski definition) is 2. The number of carbonyl (C=O) groups is 1. The van der Waals surface area contributed by atoms with Gasteiger partial charge < -0.3 is 15.8 Å². The van der Waals surface area contributed by atoms with Gasteiger partial charge in [0.25, 0.3) is 5.91 Å². The van der Waals surface area contributed by atoms with Crippen LogP contribution in [0.3, 0.4) is 0 Å². The lowest BCUT2D eigenvalue weighted by atomic mass is 9.92. The molecule has 1 fully saturated rings. The van der Waals surface area contributed by atoms with Crippen LogP contribution in [0.4, 0.5) is 5.69 Å². The number of nitrogens with two attached hydrogens (primary N) is 1. The lowest BCUT2D eigenvalue weighted by Crippen LogP contribution is -2.45. The Balaban J connectivity index is 1.97. The monoisotopic (exact) mass is 341 g/mol. The summed E-state index contributed by atoms with van der Waals surface area (Å²) in [6.45, 7) is 1.56. The molecule has 2 rings (SSSR count). The predicted molar refractivity (Wildman–Crippen MR) is 86.6 cm³/mol. The molecule has 1 amide bonds. The summed E-state index contributed by atoms with van der Waals surface area (Å²) in [6, 6.07) is 4.35. The molecule has 1 saturated carbocycles. The van der Waals surface area contributed by atoms with Crippen LogP contribution in [0.1, 0.15) is 32.6 Å². The topological polar surface area (TPSA) is 107 Å². The van der Waals surface area contributed by atoms with E-state index < -0.39 is 11.0 Å². The van der Waals surface area contributed by atoms with Gasteiger partial charge in [-0.15, -0.1) is 0 Å². The number of halogens is 1. The SMILES string of the molecule is CC(Oc1ccc(Cl)cc1[N+](=O)[O-])C(=O)NC1CCC(N)CC1. The standard InChI is InChI=1S/C15H20ClN3O4/c1-9(15(20)18-12-5-3-11(17)4-6-12)23-14-7-2-10(16)8-13(14)19(21)22/h2,7-9,11-12H,3-6,17H2,1H3,(H,18,20). The Morgan fingerprint density at radius 3 is 2.70 bits per heavy atom. The predicted octanol–water partition coefficient (Wildman–Crippen LogP) is 2.40. The molecule has 126 valence electrons. The van der Waals surface area contributed by atoms with Crippen LogP contribution < -0.4 is 15.8 Å². The van der Waals surface area contributed by atoms with Crippen LogP contribution in [0, 0.1) is 10.1 Å². The van der Waals surface area contributed by atoms with Crippen LogP contribution in [0.25, 0.3) is 0 Å². The fraction of sp³-hybridized carbons (Fsp3) is 0.533. The molecule has 3 N–H and O–H groups in total. The van der Waals surface area contributed by atoms with Gasteiger partial charge in [-0.1, -0.05) is 11.6 Å². The summed E-state index contributed by atoms with van der Waals surface area (Å²) in [4.78, 5) is 22.6. The first-order chi connectivity index (χ1) is 10.9. The minimum absolute atomic E-state index is 0.0210. The number of ether oxygens (including phenoxy) is 1. The van der Waals surface area contributed by atoms with Crippen LogP contribution in [0.15, 0.2) is 18.2 Å². The van der Waals surface area contributed by atoms with E-state index in [1.807, 2.05) is 0 Å². The first kappa shape index (κ1) is 17.5. The molecule has 8 heteroatoms. The van der Waals surface area contributed by atoms with Crippen molar-refractivity contribution < 1.29 is 14.5 Å². The van der Waals surface area contributed by atoms with E-state index in [-0.39, 0.29) is 34.5 Å². The quantitative estimate of drug-likeness (QED) is 0.631. The Kier molecular flexibility index (Phi) is 5.79. The van der Waals surface area contributed by atoms with Crippen molar-refractivity contribution in [1.82, 2.24) is 5.32 Å². The molecule has 23 heavy (non-hydrogen) atoms. The maximum atomic E-state index is 12.2. The van der Waals surface area contributed by atoms with E-state index in [4.69, 9.17) is 22.1 Å². The average Bonchev–Trinajstić information content (AvgIpc) is 2.51. The number of amides is 1. The zero-order valence-corrected chi connectivity index (χ0v) is 13.6. The van der Waals surface area contributed by atoms with E-state index in [1.165, 1.54) is 18.2 Å². The van der Waals surface area contributed by atoms with Crippen molar-refractivity contribution in [2.45, 2.75) is 50.8 Å². The van der Waals surface area contributed by atoms with Gasteiger partial charge >= 0.3 is 5.69 Å². The van der Waals surface area contributed by atoms with E-state index in [0.717, 1.165) is 25.7 Å². The molecule has 1 aliphatic carbocycles. The minimum atomic E-state index is -0.842. The third kappa shape index (κ3) is 4.80. The first-order valence-electron chi connectivity index (χ1n) is 7.53. The van der Waals surface area contributed by atoms with Gasteiger partial charge in [-0.3, -0.25) is 14.9 Å². The fourth-order valence-corrected chi connectivity index (χ4v) is 2.73. The smallest absolute Gasteiger partial charge is 0.312 e. The summed E-state index contributed by atoms with van der Waals surface area (Å²) < 4.78 is 5.45. The molecule has 0 bridgehead atoms. The summed E-state index contributed by atoms with van der Waals surface area (Å²) in [5.74, 6) is -0.276. The molecule has 0 spiro atoms. The highest BCUT2D eigenvalue weighted by atomic mass is 35.5. The highest BCUT2D eigenvalue weighted by molar-refractivity contribution is 6.30. The maximum Gasteiger partial charge on any atom is 0.312 e. The van der Waals surface area contributed by atoms with E-state index >= 15 is 0 Å². The molecule has 1 atom stereocenters. The van der Waals surface area contributed by atoms with Gasteiger partial charge in [0.1, 0.15) is 0 Å². The lowest BCUT2D eigenvalue weighted by molar-refractivity contribution is -0.386. The first-order valence-corrected chi connectivity index (χ1v) is 7.91. The number of nitrogens with zero attached hydrogens (tertiary/aromatic N) is 1. The lowest BCUT2D eigenvalue weighted by Gasteiger charge is -2.27. The Labute approximate surface area is 139 Å². The van der Waals surface area contributed by atoms with E-state index in [9.17, 15) is 14.9 Å². The molecule has 0 saturated heterocycles. The van der Waals surface area contributed by atoms with Crippen molar-refractivity contribution in [1.29, 1.82) is 0 Å². The van der Waals surface area contributed by atoms with Gasteiger partial charge in [-0.25, -0.2) is 0 Å². The maximum absolute atomic E-state index is 12.2. The Morgan fingerprint density at radius 1 is 1.43 bits per heavy atom. The van der Waals surface area contributed by atoms with Crippen molar-refractivity contribution in [3.8, 4) is 5.75 Å². The number of benzene rings is 1. The van der Waals surface area contributed by atoms with E-state index in [2.05, 4.69) is 5.32 Å². The Hall–Kier alpha value is -1.86. The molecule has 0 radical (unpaired) electrons. The summed E-state index contributed by atoms with van der Waals surface area (Å²) in [7, 11) is 0. The van der Waals surface area contributed by atoms with Gasteiger partial charge in [0.15, 0.2) is 11.9 Å². The number of nitro groups is 1. The molecule has 1 aromatic carbocycles. The third-order valence-electron chi connectivity index (χ3n) is 3.91. The van der Waals surface area contributed by atoms with Gasteiger partial charge in [-0.05, 0) is 44.7 Å². The third-order valence-corrected chi connectivity index (χ3v) is 4.14. The van der Waals surface area contributed by atoms with Gasteiger partial charge in [0.05, 0.1) is 4.92 Å². The molecule has 1 aromatic rings. The average molecular weight is 342 g/mol. The van der Waals surface area contributed by atoms with Crippen molar-refractivity contribution in [3.05, 3.63) is 33.3 Å². The van der Waals surface area contributed by atoms with Crippen molar-refractivity contribution in [3.63, 3.8) is 0 Å². The molecule has 0 heterocycles. The highest BCUT2D eigenvalue weighted by Crippen LogP contribution is 2.30. The van der Waals surface area contributed by atoms with Gasteiger partial charge in [0, 0.05) is 23.2 Å². The number of nitro benzene ring substituents is 1. The van der Waals surface area contributed by atoms with Crippen molar-refractivity contribution in [2.75, 3.05) is 0 Å². The minimum Gasteiger partial charge on any atom is -0.474 e. The number of nitrogens with one attached hydrogen (secondary N) is 1. The van der Waals surface area contributed by atoms with Gasteiger partial charge in [0.2, 0.25) is 0 Å². The van der Waals surface area contributed by atoms with Crippen LogP contribution in [-0.2, 0) is 4.79 Å². The molecule has 1 aliphatic rings. The van der Waals surface area contributed by atoms with E-state index in [0.29, 0.717) is 0 Å². The highest BCUT2D eigenvalue weighted by Gasteiger charge is 2.25. The zero-order chi connectivity index (χ0) is 17.0. The molecular formula is C15H20ClN3O4. The second kappa shape index (κ2) is 7.61. The summed E-state index contributed by atoms with van der Waals surface area (Å²) >= 11 is 5.75. The van der Waals surface area contributed by atoms with Crippen LogP contribution in [0.5, 0.6) is 5.75 Å². The normalized spacial score (nSPS) is 22.2.